The van der Waals surface area contributed by atoms with Crippen LogP contribution in [0, 0.1) is 0 Å². The van der Waals surface area contributed by atoms with Gasteiger partial charge in [-0.1, -0.05) is 152 Å². The number of anilines is 3. The first-order valence-electron chi connectivity index (χ1n) is 17.2. The standard InChI is InChI=1S/C48H32N2/c1-3-14-33(15-4-1)34-28-30-38(31-29-34)49(46-32-36-27-26-35-16-7-8-19-39(35)47(36)42-22-10-9-20-40(42)46)45-25-13-23-43-41-21-11-12-24-44(41)50(48(43)45)37-17-5-2-6-18-37/h1-32H. The van der Waals surface area contributed by atoms with E-state index in [1.165, 1.54) is 65.3 Å². The van der Waals surface area contributed by atoms with Crippen LogP contribution in [0.25, 0.3) is 70.9 Å². The van der Waals surface area contributed by atoms with Crippen molar-refractivity contribution in [3.05, 3.63) is 194 Å². The van der Waals surface area contributed by atoms with Crippen LogP contribution in [0.15, 0.2) is 194 Å². The van der Waals surface area contributed by atoms with Crippen LogP contribution in [-0.2, 0) is 0 Å². The normalized spacial score (nSPS) is 11.6. The minimum absolute atomic E-state index is 1.10. The Bertz CT molecular complexity index is 2850. The molecule has 0 aliphatic carbocycles. The highest BCUT2D eigenvalue weighted by molar-refractivity contribution is 6.24. The van der Waals surface area contributed by atoms with Crippen molar-refractivity contribution in [3.8, 4) is 16.8 Å². The molecule has 0 amide bonds. The molecule has 1 heterocycles. The van der Waals surface area contributed by atoms with Gasteiger partial charge in [0.25, 0.3) is 0 Å². The van der Waals surface area contributed by atoms with Crippen LogP contribution in [0.2, 0.25) is 0 Å². The highest BCUT2D eigenvalue weighted by Gasteiger charge is 2.23. The molecule has 0 spiro atoms. The van der Waals surface area contributed by atoms with E-state index in [1.807, 2.05) is 0 Å². The first-order valence-corrected chi connectivity index (χ1v) is 17.2. The third kappa shape index (κ3) is 4.43. The maximum atomic E-state index is 2.48. The van der Waals surface area contributed by atoms with Crippen molar-refractivity contribution < 1.29 is 0 Å². The SMILES string of the molecule is c1ccc(-c2ccc(N(c3cc4ccc5ccccc5c4c4ccccc34)c3cccc4c5ccccc5n(-c5ccccc5)c34)cc2)cc1. The summed E-state index contributed by atoms with van der Waals surface area (Å²) in [5, 5.41) is 9.96. The van der Waals surface area contributed by atoms with Crippen molar-refractivity contribution >= 4 is 71.2 Å². The van der Waals surface area contributed by atoms with Crippen molar-refractivity contribution in [2.24, 2.45) is 0 Å². The molecule has 10 aromatic rings. The van der Waals surface area contributed by atoms with Gasteiger partial charge in [-0.2, -0.15) is 0 Å². The molecule has 0 aliphatic rings. The predicted octanol–water partition coefficient (Wildman–Crippen LogP) is 13.4. The highest BCUT2D eigenvalue weighted by atomic mass is 15.2. The van der Waals surface area contributed by atoms with Gasteiger partial charge in [0.15, 0.2) is 0 Å². The van der Waals surface area contributed by atoms with Crippen LogP contribution >= 0.6 is 0 Å². The van der Waals surface area contributed by atoms with Gasteiger partial charge in [-0.3, -0.25) is 0 Å². The van der Waals surface area contributed by atoms with Crippen LogP contribution in [0.5, 0.6) is 0 Å². The molecule has 0 unspecified atom stereocenters. The highest BCUT2D eigenvalue weighted by Crippen LogP contribution is 2.47. The molecule has 9 aromatic carbocycles. The van der Waals surface area contributed by atoms with Crippen molar-refractivity contribution in [1.82, 2.24) is 4.57 Å². The summed E-state index contributed by atoms with van der Waals surface area (Å²) in [5.74, 6) is 0. The van der Waals surface area contributed by atoms with Gasteiger partial charge in [-0.15, -0.1) is 0 Å². The van der Waals surface area contributed by atoms with Gasteiger partial charge >= 0.3 is 0 Å². The molecule has 10 rings (SSSR count). The van der Waals surface area contributed by atoms with Gasteiger partial charge in [0.2, 0.25) is 0 Å². The van der Waals surface area contributed by atoms with E-state index in [-0.39, 0.29) is 0 Å². The number of hydrogen-bond acceptors (Lipinski definition) is 1. The van der Waals surface area contributed by atoms with Crippen LogP contribution in [0.3, 0.4) is 0 Å². The maximum absolute atomic E-state index is 2.48. The van der Waals surface area contributed by atoms with E-state index in [4.69, 9.17) is 0 Å². The third-order valence-corrected chi connectivity index (χ3v) is 10.1. The Kier molecular flexibility index (Phi) is 6.53. The quantitative estimate of drug-likeness (QED) is 0.171. The van der Waals surface area contributed by atoms with Gasteiger partial charge < -0.3 is 9.47 Å². The number of benzene rings is 9. The van der Waals surface area contributed by atoms with Gasteiger partial charge in [-0.25, -0.2) is 0 Å². The Hall–Kier alpha value is -6.64. The summed E-state index contributed by atoms with van der Waals surface area (Å²) in [6.45, 7) is 0. The molecule has 0 radical (unpaired) electrons. The topological polar surface area (TPSA) is 8.17 Å². The molecule has 2 nitrogen and oxygen atoms in total. The number of hydrogen-bond donors (Lipinski definition) is 0. The summed E-state index contributed by atoms with van der Waals surface area (Å²) in [5.41, 5.74) is 9.28. The largest absolute Gasteiger partial charge is 0.308 e. The van der Waals surface area contributed by atoms with E-state index in [9.17, 15) is 0 Å². The van der Waals surface area contributed by atoms with Gasteiger partial charge in [0.1, 0.15) is 0 Å². The minimum atomic E-state index is 1.10. The molecular formula is C48H32N2. The van der Waals surface area contributed by atoms with E-state index >= 15 is 0 Å². The van der Waals surface area contributed by atoms with Crippen LogP contribution in [-0.4, -0.2) is 4.57 Å². The zero-order chi connectivity index (χ0) is 33.0. The molecule has 50 heavy (non-hydrogen) atoms. The molecule has 0 fully saturated rings. The zero-order valence-electron chi connectivity index (χ0n) is 27.4. The Labute approximate surface area is 290 Å². The van der Waals surface area contributed by atoms with Crippen molar-refractivity contribution in [1.29, 1.82) is 0 Å². The average Bonchev–Trinajstić information content (AvgIpc) is 3.54. The maximum Gasteiger partial charge on any atom is 0.0782 e. The Balaban J connectivity index is 1.32. The second-order valence-corrected chi connectivity index (χ2v) is 12.9. The molecule has 0 saturated heterocycles. The van der Waals surface area contributed by atoms with Crippen LogP contribution in [0.1, 0.15) is 0 Å². The summed E-state index contributed by atoms with van der Waals surface area (Å²) in [7, 11) is 0. The first-order chi connectivity index (χ1) is 24.8. The lowest BCUT2D eigenvalue weighted by Crippen LogP contribution is -2.12. The first kappa shape index (κ1) is 28.4. The average molecular weight is 637 g/mol. The van der Waals surface area contributed by atoms with Gasteiger partial charge in [-0.05, 0) is 80.5 Å². The number of rotatable bonds is 5. The molecule has 2 heteroatoms. The fourth-order valence-electron chi connectivity index (χ4n) is 7.91. The molecule has 1 aromatic heterocycles. The lowest BCUT2D eigenvalue weighted by Gasteiger charge is -2.29. The Morgan fingerprint density at radius 1 is 0.360 bits per heavy atom. The van der Waals surface area contributed by atoms with Gasteiger partial charge in [0, 0.05) is 27.5 Å². The smallest absolute Gasteiger partial charge is 0.0782 e. The molecule has 0 aliphatic heterocycles. The van der Waals surface area contributed by atoms with E-state index in [2.05, 4.69) is 204 Å². The molecular weight excluding hydrogens is 605 g/mol. The van der Waals surface area contributed by atoms with Crippen molar-refractivity contribution in [2.45, 2.75) is 0 Å². The molecule has 0 N–H and O–H groups in total. The van der Waals surface area contributed by atoms with Crippen LogP contribution in [0.4, 0.5) is 17.1 Å². The van der Waals surface area contributed by atoms with E-state index in [0.29, 0.717) is 0 Å². The molecule has 0 saturated carbocycles. The second kappa shape index (κ2) is 11.5. The zero-order valence-corrected chi connectivity index (χ0v) is 27.4. The van der Waals surface area contributed by atoms with E-state index in [1.54, 1.807) is 0 Å². The van der Waals surface area contributed by atoms with E-state index < -0.39 is 0 Å². The lowest BCUT2D eigenvalue weighted by molar-refractivity contribution is 1.17. The Morgan fingerprint density at radius 3 is 1.76 bits per heavy atom. The van der Waals surface area contributed by atoms with E-state index in [0.717, 1.165) is 22.7 Å². The summed E-state index contributed by atoms with van der Waals surface area (Å²) in [4.78, 5) is 2.48. The molecule has 234 valence electrons. The lowest BCUT2D eigenvalue weighted by atomic mass is 9.94. The van der Waals surface area contributed by atoms with Crippen molar-refractivity contribution in [3.63, 3.8) is 0 Å². The fourth-order valence-corrected chi connectivity index (χ4v) is 7.91. The fraction of sp³-hybridized carbons (Fsp3) is 0. The molecule has 0 bridgehead atoms. The summed E-state index contributed by atoms with van der Waals surface area (Å²) in [6, 6.07) is 70.5. The molecule has 0 atom stereocenters. The minimum Gasteiger partial charge on any atom is -0.308 e. The second-order valence-electron chi connectivity index (χ2n) is 12.9. The van der Waals surface area contributed by atoms with Crippen molar-refractivity contribution in [2.75, 3.05) is 4.90 Å². The third-order valence-electron chi connectivity index (χ3n) is 10.1. The number of nitrogens with zero attached hydrogens (tertiary/aromatic N) is 2. The summed E-state index contributed by atoms with van der Waals surface area (Å²) >= 11 is 0. The Morgan fingerprint density at radius 2 is 0.960 bits per heavy atom. The monoisotopic (exact) mass is 636 g/mol. The number of fused-ring (bicyclic) bond motifs is 8. The number of aromatic nitrogens is 1. The number of para-hydroxylation sites is 3. The van der Waals surface area contributed by atoms with Crippen LogP contribution < -0.4 is 4.90 Å². The summed E-state index contributed by atoms with van der Waals surface area (Å²) < 4.78 is 2.43. The van der Waals surface area contributed by atoms with Gasteiger partial charge in [0.05, 0.1) is 22.4 Å². The predicted molar refractivity (Wildman–Crippen MR) is 213 cm³/mol. The summed E-state index contributed by atoms with van der Waals surface area (Å²) in [6.07, 6.45) is 0.